The van der Waals surface area contributed by atoms with Crippen molar-refractivity contribution < 1.29 is 9.53 Å². The number of methoxy groups -OCH3 is 1. The number of rotatable bonds is 8. The molecule has 174 valence electrons. The normalized spacial score (nSPS) is 14.9. The zero-order valence-electron chi connectivity index (χ0n) is 20.1. The maximum absolute atomic E-state index is 13.2. The molecule has 0 saturated carbocycles. The Morgan fingerprint density at radius 2 is 1.70 bits per heavy atom. The van der Waals surface area contributed by atoms with E-state index < -0.39 is 0 Å². The van der Waals surface area contributed by atoms with Crippen molar-refractivity contribution in [3.8, 4) is 5.75 Å². The minimum Gasteiger partial charge on any atom is -0.497 e. The van der Waals surface area contributed by atoms with E-state index in [4.69, 9.17) is 4.74 Å². The smallest absolute Gasteiger partial charge is 0.255 e. The number of carbonyl (C=O) groups excluding carboxylic acids is 1. The molecule has 4 rings (SSSR count). The molecule has 1 atom stereocenters. The molecule has 6 nitrogen and oxygen atoms in total. The van der Waals surface area contributed by atoms with Gasteiger partial charge in [-0.05, 0) is 70.0 Å². The van der Waals surface area contributed by atoms with Crippen molar-refractivity contribution in [1.29, 1.82) is 0 Å². The number of nitrogens with one attached hydrogen (secondary N) is 1. The Morgan fingerprint density at radius 1 is 1.03 bits per heavy atom. The van der Waals surface area contributed by atoms with Gasteiger partial charge in [0, 0.05) is 12.2 Å². The summed E-state index contributed by atoms with van der Waals surface area (Å²) in [5, 5.41) is 7.87. The molecule has 1 N–H and O–H groups in total. The number of ether oxygens (including phenoxy) is 1. The van der Waals surface area contributed by atoms with Gasteiger partial charge in [0.05, 0.1) is 31.0 Å². The van der Waals surface area contributed by atoms with Gasteiger partial charge in [0.25, 0.3) is 5.91 Å². The van der Waals surface area contributed by atoms with Crippen molar-refractivity contribution in [3.05, 3.63) is 82.2 Å². The van der Waals surface area contributed by atoms with Crippen LogP contribution in [-0.2, 0) is 6.54 Å². The summed E-state index contributed by atoms with van der Waals surface area (Å²) in [4.78, 5) is 15.7. The van der Waals surface area contributed by atoms with Crippen LogP contribution >= 0.6 is 0 Å². The summed E-state index contributed by atoms with van der Waals surface area (Å²) >= 11 is 0. The second kappa shape index (κ2) is 10.2. The Hall–Kier alpha value is -3.12. The van der Waals surface area contributed by atoms with Gasteiger partial charge in [-0.1, -0.05) is 42.0 Å². The van der Waals surface area contributed by atoms with E-state index in [1.54, 1.807) is 7.11 Å². The minimum absolute atomic E-state index is 0.0575. The number of aryl methyl sites for hydroxylation is 2. The highest BCUT2D eigenvalue weighted by atomic mass is 16.5. The molecule has 1 aliphatic heterocycles. The minimum atomic E-state index is -0.0575. The zero-order valence-corrected chi connectivity index (χ0v) is 20.1. The fourth-order valence-electron chi connectivity index (χ4n) is 4.66. The van der Waals surface area contributed by atoms with E-state index in [0.717, 1.165) is 30.2 Å². The van der Waals surface area contributed by atoms with Gasteiger partial charge >= 0.3 is 0 Å². The molecule has 1 saturated heterocycles. The third-order valence-electron chi connectivity index (χ3n) is 6.60. The topological polar surface area (TPSA) is 59.4 Å². The van der Waals surface area contributed by atoms with Gasteiger partial charge in [-0.25, -0.2) is 0 Å². The van der Waals surface area contributed by atoms with Gasteiger partial charge in [0.15, 0.2) is 0 Å². The largest absolute Gasteiger partial charge is 0.497 e. The molecule has 2 heterocycles. The van der Waals surface area contributed by atoms with E-state index in [0.29, 0.717) is 18.7 Å². The molecule has 1 aliphatic rings. The number of carbonyl (C=O) groups is 1. The van der Waals surface area contributed by atoms with Gasteiger partial charge in [-0.2, -0.15) is 5.10 Å². The van der Waals surface area contributed by atoms with Crippen molar-refractivity contribution in [2.75, 3.05) is 26.7 Å². The van der Waals surface area contributed by atoms with Gasteiger partial charge in [0.1, 0.15) is 5.75 Å². The van der Waals surface area contributed by atoms with E-state index in [2.05, 4.69) is 58.6 Å². The van der Waals surface area contributed by atoms with Gasteiger partial charge in [0.2, 0.25) is 0 Å². The third-order valence-corrected chi connectivity index (χ3v) is 6.60. The molecule has 2 aromatic carbocycles. The molecule has 3 aromatic rings. The second-order valence-corrected chi connectivity index (χ2v) is 8.93. The predicted molar refractivity (Wildman–Crippen MR) is 131 cm³/mol. The van der Waals surface area contributed by atoms with E-state index in [1.165, 1.54) is 29.5 Å². The Labute approximate surface area is 196 Å². The van der Waals surface area contributed by atoms with Crippen LogP contribution in [0.2, 0.25) is 0 Å². The van der Waals surface area contributed by atoms with Crippen LogP contribution in [0.1, 0.15) is 57.3 Å². The van der Waals surface area contributed by atoms with Gasteiger partial charge < -0.3 is 10.1 Å². The standard InChI is InChI=1S/C27H34N4O2/c1-19-7-9-22(10-8-19)18-31-21(3)26(20(2)29-31)27(32)28-17-25(30-15-5-6-16-30)23-11-13-24(33-4)14-12-23/h7-14,25H,5-6,15-18H2,1-4H3,(H,28,32). The summed E-state index contributed by atoms with van der Waals surface area (Å²) in [7, 11) is 1.68. The number of nitrogens with zero attached hydrogens (tertiary/aromatic N) is 3. The van der Waals surface area contributed by atoms with Crippen LogP contribution in [0.15, 0.2) is 48.5 Å². The van der Waals surface area contributed by atoms with Crippen LogP contribution in [0.4, 0.5) is 0 Å². The molecule has 1 fully saturated rings. The molecule has 0 aliphatic carbocycles. The maximum atomic E-state index is 13.2. The van der Waals surface area contributed by atoms with Crippen LogP contribution in [0, 0.1) is 20.8 Å². The van der Waals surface area contributed by atoms with Crippen molar-refractivity contribution in [2.24, 2.45) is 0 Å². The molecule has 1 unspecified atom stereocenters. The first kappa shape index (κ1) is 23.1. The first-order chi connectivity index (χ1) is 16.0. The quantitative estimate of drug-likeness (QED) is 0.556. The van der Waals surface area contributed by atoms with E-state index >= 15 is 0 Å². The lowest BCUT2D eigenvalue weighted by Crippen LogP contribution is -2.37. The molecular formula is C27H34N4O2. The molecule has 1 aromatic heterocycles. The van der Waals surface area contributed by atoms with Crippen molar-refractivity contribution in [1.82, 2.24) is 20.0 Å². The van der Waals surface area contributed by atoms with Crippen molar-refractivity contribution >= 4 is 5.91 Å². The lowest BCUT2D eigenvalue weighted by molar-refractivity contribution is 0.0936. The van der Waals surface area contributed by atoms with Crippen LogP contribution < -0.4 is 10.1 Å². The fraction of sp³-hybridized carbons (Fsp3) is 0.407. The van der Waals surface area contributed by atoms with E-state index in [-0.39, 0.29) is 11.9 Å². The fourth-order valence-corrected chi connectivity index (χ4v) is 4.66. The summed E-state index contributed by atoms with van der Waals surface area (Å²) in [5.74, 6) is 0.785. The highest BCUT2D eigenvalue weighted by Crippen LogP contribution is 2.26. The highest BCUT2D eigenvalue weighted by molar-refractivity contribution is 5.96. The number of benzene rings is 2. The van der Waals surface area contributed by atoms with E-state index in [9.17, 15) is 4.79 Å². The molecule has 0 bridgehead atoms. The predicted octanol–water partition coefficient (Wildman–Crippen LogP) is 4.43. The van der Waals surface area contributed by atoms with Gasteiger partial charge in [-0.15, -0.1) is 0 Å². The average Bonchev–Trinajstić information content (AvgIpc) is 3.44. The Kier molecular flexibility index (Phi) is 7.14. The Bertz CT molecular complexity index is 1080. The zero-order chi connectivity index (χ0) is 23.4. The molecule has 1 amide bonds. The highest BCUT2D eigenvalue weighted by Gasteiger charge is 2.25. The number of hydrogen-bond donors (Lipinski definition) is 1. The molecular weight excluding hydrogens is 412 g/mol. The third kappa shape index (κ3) is 5.28. The second-order valence-electron chi connectivity index (χ2n) is 8.93. The lowest BCUT2D eigenvalue weighted by Gasteiger charge is -2.28. The molecule has 33 heavy (non-hydrogen) atoms. The SMILES string of the molecule is COc1ccc(C(CNC(=O)c2c(C)nn(Cc3ccc(C)cc3)c2C)N2CCCC2)cc1. The van der Waals surface area contributed by atoms with Crippen LogP contribution in [0.5, 0.6) is 5.75 Å². The number of aromatic nitrogens is 2. The summed E-state index contributed by atoms with van der Waals surface area (Å²) in [6.45, 7) is 9.30. The molecule has 0 radical (unpaired) electrons. The number of likely N-dealkylation sites (tertiary alicyclic amines) is 1. The maximum Gasteiger partial charge on any atom is 0.255 e. The average molecular weight is 447 g/mol. The first-order valence-corrected chi connectivity index (χ1v) is 11.7. The monoisotopic (exact) mass is 446 g/mol. The summed E-state index contributed by atoms with van der Waals surface area (Å²) in [5.41, 5.74) is 5.94. The van der Waals surface area contributed by atoms with Gasteiger partial charge in [-0.3, -0.25) is 14.4 Å². The summed E-state index contributed by atoms with van der Waals surface area (Å²) in [6, 6.07) is 16.8. The van der Waals surface area contributed by atoms with Crippen LogP contribution in [0.25, 0.3) is 0 Å². The van der Waals surface area contributed by atoms with Crippen molar-refractivity contribution in [2.45, 2.75) is 46.2 Å². The first-order valence-electron chi connectivity index (χ1n) is 11.7. The van der Waals surface area contributed by atoms with Crippen LogP contribution in [0.3, 0.4) is 0 Å². The Balaban J connectivity index is 1.49. The lowest BCUT2D eigenvalue weighted by atomic mass is 10.0. The van der Waals surface area contributed by atoms with E-state index in [1.807, 2.05) is 30.7 Å². The number of amides is 1. The molecule has 0 spiro atoms. The van der Waals surface area contributed by atoms with Crippen LogP contribution in [-0.4, -0.2) is 47.3 Å². The number of hydrogen-bond acceptors (Lipinski definition) is 4. The summed E-state index contributed by atoms with van der Waals surface area (Å²) in [6.07, 6.45) is 2.40. The molecule has 6 heteroatoms. The summed E-state index contributed by atoms with van der Waals surface area (Å²) < 4.78 is 7.24. The van der Waals surface area contributed by atoms with Crippen molar-refractivity contribution in [3.63, 3.8) is 0 Å². The Morgan fingerprint density at radius 3 is 2.33 bits per heavy atom.